The molecule has 0 bridgehead atoms. The van der Waals surface area contributed by atoms with Crippen molar-refractivity contribution in [1.29, 1.82) is 0 Å². The van der Waals surface area contributed by atoms with Crippen LogP contribution in [0.3, 0.4) is 0 Å². The van der Waals surface area contributed by atoms with E-state index in [-0.39, 0.29) is 0 Å². The number of alkyl halides is 1. The quantitative estimate of drug-likeness (QED) is 0.450. The average Bonchev–Trinajstić information content (AvgIpc) is 2.25. The second-order valence-corrected chi connectivity index (χ2v) is 4.51. The van der Waals surface area contributed by atoms with Crippen LogP contribution in [0.15, 0.2) is 39.1 Å². The average molecular weight is 239 g/mol. The standard InChI is InChI=1S/C10H9ClN3S/c1-8-2-4-9(5-3-8)15-14-7-12-6-13-10(14)11/h2-5,7,10H,1H3. The van der Waals surface area contributed by atoms with E-state index in [4.69, 9.17) is 11.6 Å². The minimum absolute atomic E-state index is 0.436. The molecular formula is C10H9ClN3S. The van der Waals surface area contributed by atoms with E-state index in [1.54, 1.807) is 10.6 Å². The van der Waals surface area contributed by atoms with Crippen molar-refractivity contribution in [1.82, 2.24) is 4.31 Å². The van der Waals surface area contributed by atoms with Crippen LogP contribution in [-0.4, -0.2) is 22.6 Å². The fourth-order valence-electron chi connectivity index (χ4n) is 1.06. The van der Waals surface area contributed by atoms with Crippen LogP contribution in [0.5, 0.6) is 0 Å². The molecule has 1 radical (unpaired) electrons. The van der Waals surface area contributed by atoms with Crippen LogP contribution in [0.2, 0.25) is 0 Å². The van der Waals surface area contributed by atoms with Gasteiger partial charge in [0.25, 0.3) is 0 Å². The largest absolute Gasteiger partial charge is 0.265 e. The van der Waals surface area contributed by atoms with E-state index in [0.29, 0.717) is 0 Å². The predicted octanol–water partition coefficient (Wildman–Crippen LogP) is 2.77. The van der Waals surface area contributed by atoms with Crippen molar-refractivity contribution in [2.45, 2.75) is 17.4 Å². The third-order valence-corrected chi connectivity index (χ3v) is 3.25. The first-order valence-electron chi connectivity index (χ1n) is 4.41. The van der Waals surface area contributed by atoms with Gasteiger partial charge in [0.2, 0.25) is 5.62 Å². The molecule has 0 saturated carbocycles. The minimum atomic E-state index is -0.436. The highest BCUT2D eigenvalue weighted by Gasteiger charge is 2.14. The summed E-state index contributed by atoms with van der Waals surface area (Å²) in [6.07, 6.45) is 4.09. The van der Waals surface area contributed by atoms with Gasteiger partial charge in [-0.15, -0.1) is 0 Å². The summed E-state index contributed by atoms with van der Waals surface area (Å²) in [6.45, 7) is 2.06. The van der Waals surface area contributed by atoms with E-state index in [1.165, 1.54) is 17.5 Å². The van der Waals surface area contributed by atoms with E-state index in [2.05, 4.69) is 35.4 Å². The van der Waals surface area contributed by atoms with Gasteiger partial charge in [0.1, 0.15) is 6.34 Å². The number of nitrogens with zero attached hydrogens (tertiary/aromatic N) is 3. The van der Waals surface area contributed by atoms with Gasteiger partial charge in [-0.3, -0.25) is 4.31 Å². The van der Waals surface area contributed by atoms with Crippen molar-refractivity contribution in [3.63, 3.8) is 0 Å². The highest BCUT2D eigenvalue weighted by Crippen LogP contribution is 2.26. The summed E-state index contributed by atoms with van der Waals surface area (Å²) in [4.78, 5) is 8.76. The van der Waals surface area contributed by atoms with E-state index in [0.717, 1.165) is 4.90 Å². The Morgan fingerprint density at radius 3 is 2.80 bits per heavy atom. The van der Waals surface area contributed by atoms with Gasteiger partial charge in [-0.1, -0.05) is 29.3 Å². The summed E-state index contributed by atoms with van der Waals surface area (Å²) in [5, 5.41) is 0. The number of benzene rings is 1. The molecule has 1 heterocycles. The van der Waals surface area contributed by atoms with Crippen molar-refractivity contribution in [3.8, 4) is 0 Å². The Morgan fingerprint density at radius 2 is 2.13 bits per heavy atom. The Labute approximate surface area is 98.0 Å². The molecule has 0 spiro atoms. The zero-order valence-corrected chi connectivity index (χ0v) is 9.66. The Balaban J connectivity index is 2.05. The molecule has 0 amide bonds. The molecule has 5 heteroatoms. The summed E-state index contributed by atoms with van der Waals surface area (Å²) >= 11 is 7.45. The van der Waals surface area contributed by atoms with Crippen LogP contribution in [0.4, 0.5) is 0 Å². The van der Waals surface area contributed by atoms with Gasteiger partial charge in [-0.25, -0.2) is 9.98 Å². The molecule has 1 atom stereocenters. The summed E-state index contributed by atoms with van der Waals surface area (Å²) < 4.78 is 1.77. The SMILES string of the molecule is Cc1ccc(SN2C=N[C]=NC2Cl)cc1. The summed E-state index contributed by atoms with van der Waals surface area (Å²) in [6, 6.07) is 8.20. The van der Waals surface area contributed by atoms with Gasteiger partial charge in [0.15, 0.2) is 6.34 Å². The Bertz CT molecular complexity index is 388. The summed E-state index contributed by atoms with van der Waals surface area (Å²) in [7, 11) is 0. The van der Waals surface area contributed by atoms with Crippen molar-refractivity contribution in [2.24, 2.45) is 9.98 Å². The van der Waals surface area contributed by atoms with Crippen LogP contribution in [0, 0.1) is 6.92 Å². The van der Waals surface area contributed by atoms with Gasteiger partial charge >= 0.3 is 0 Å². The lowest BCUT2D eigenvalue weighted by Crippen LogP contribution is -2.23. The molecule has 1 unspecified atom stereocenters. The van der Waals surface area contributed by atoms with Crippen LogP contribution in [0.25, 0.3) is 0 Å². The number of hydrogen-bond donors (Lipinski definition) is 0. The second kappa shape index (κ2) is 4.68. The number of aliphatic imine (C=N–C) groups is 2. The van der Waals surface area contributed by atoms with Gasteiger partial charge in [0.05, 0.1) is 0 Å². The monoisotopic (exact) mass is 238 g/mol. The molecule has 0 fully saturated rings. The molecule has 0 N–H and O–H groups in total. The van der Waals surface area contributed by atoms with Crippen LogP contribution < -0.4 is 0 Å². The third kappa shape index (κ3) is 2.73. The van der Waals surface area contributed by atoms with Gasteiger partial charge in [-0.05, 0) is 31.0 Å². The van der Waals surface area contributed by atoms with Gasteiger partial charge in [-0.2, -0.15) is 0 Å². The van der Waals surface area contributed by atoms with Gasteiger partial charge < -0.3 is 0 Å². The molecule has 1 aromatic carbocycles. The number of rotatable bonds is 2. The molecule has 1 aliphatic rings. The maximum absolute atomic E-state index is 5.95. The lowest BCUT2D eigenvalue weighted by molar-refractivity contribution is 0.643. The Morgan fingerprint density at radius 1 is 1.40 bits per heavy atom. The van der Waals surface area contributed by atoms with Crippen molar-refractivity contribution in [3.05, 3.63) is 29.8 Å². The smallest absolute Gasteiger partial charge is 0.210 e. The lowest BCUT2D eigenvalue weighted by Gasteiger charge is -2.21. The zero-order valence-electron chi connectivity index (χ0n) is 8.09. The predicted molar refractivity (Wildman–Crippen MR) is 64.4 cm³/mol. The molecule has 1 aliphatic heterocycles. The first kappa shape index (κ1) is 10.5. The van der Waals surface area contributed by atoms with E-state index in [9.17, 15) is 0 Å². The molecule has 15 heavy (non-hydrogen) atoms. The van der Waals surface area contributed by atoms with Gasteiger partial charge in [0, 0.05) is 4.90 Å². The van der Waals surface area contributed by atoms with Crippen LogP contribution in [-0.2, 0) is 0 Å². The van der Waals surface area contributed by atoms with Crippen LogP contribution >= 0.6 is 23.5 Å². The molecule has 77 valence electrons. The fraction of sp³-hybridized carbons (Fsp3) is 0.200. The Hall–Kier alpha value is -1.00. The molecule has 2 rings (SSSR count). The van der Waals surface area contributed by atoms with E-state index < -0.39 is 5.62 Å². The minimum Gasteiger partial charge on any atom is -0.265 e. The lowest BCUT2D eigenvalue weighted by atomic mass is 10.2. The van der Waals surface area contributed by atoms with Crippen molar-refractivity contribution in [2.75, 3.05) is 0 Å². The summed E-state index contributed by atoms with van der Waals surface area (Å²) in [5.41, 5.74) is 0.800. The molecular weight excluding hydrogens is 230 g/mol. The topological polar surface area (TPSA) is 28.0 Å². The Kier molecular flexibility index (Phi) is 3.28. The zero-order chi connectivity index (χ0) is 10.7. The van der Waals surface area contributed by atoms with E-state index in [1.807, 2.05) is 12.1 Å². The maximum atomic E-state index is 5.95. The fourth-order valence-corrected chi connectivity index (χ4v) is 2.01. The molecule has 1 aromatic rings. The van der Waals surface area contributed by atoms with Crippen LogP contribution in [0.1, 0.15) is 5.56 Å². The molecule has 0 aromatic heterocycles. The number of hydrogen-bond acceptors (Lipinski definition) is 4. The normalized spacial score (nSPS) is 19.6. The third-order valence-electron chi connectivity index (χ3n) is 1.84. The maximum Gasteiger partial charge on any atom is 0.210 e. The first-order chi connectivity index (χ1) is 7.25. The van der Waals surface area contributed by atoms with E-state index >= 15 is 0 Å². The van der Waals surface area contributed by atoms with Crippen molar-refractivity contribution >= 4 is 36.2 Å². The first-order valence-corrected chi connectivity index (χ1v) is 5.62. The van der Waals surface area contributed by atoms with Crippen molar-refractivity contribution < 1.29 is 0 Å². The molecule has 0 aliphatic carbocycles. The number of halogens is 1. The summed E-state index contributed by atoms with van der Waals surface area (Å²) in [5.74, 6) is 0. The molecule has 3 nitrogen and oxygen atoms in total. The highest BCUT2D eigenvalue weighted by atomic mass is 35.5. The molecule has 0 saturated heterocycles. The highest BCUT2D eigenvalue weighted by molar-refractivity contribution is 7.97. The number of aryl methyl sites for hydroxylation is 1. The second-order valence-electron chi connectivity index (χ2n) is 3.05.